The van der Waals surface area contributed by atoms with Gasteiger partial charge in [0.05, 0.1) is 43.6 Å². The van der Waals surface area contributed by atoms with Crippen LogP contribution in [-0.4, -0.2) is 63.4 Å². The van der Waals surface area contributed by atoms with Gasteiger partial charge in [-0.15, -0.1) is 0 Å². The first-order chi connectivity index (χ1) is 18.3. The minimum Gasteiger partial charge on any atom is -0.496 e. The normalized spacial score (nSPS) is 15.1. The Bertz CT molecular complexity index is 1540. The van der Waals surface area contributed by atoms with Crippen molar-refractivity contribution in [3.05, 3.63) is 75.1 Å². The van der Waals surface area contributed by atoms with Gasteiger partial charge in [0.2, 0.25) is 0 Å². The number of carbonyl (C=O) groups excluding carboxylic acids is 1. The second kappa shape index (κ2) is 10.5. The first kappa shape index (κ1) is 25.7. The first-order valence-electron chi connectivity index (χ1n) is 12.8. The number of amides is 1. The Balaban J connectivity index is 1.58. The van der Waals surface area contributed by atoms with Crippen LogP contribution in [0.4, 0.5) is 0 Å². The number of rotatable bonds is 7. The molecule has 0 aromatic carbocycles. The number of aromatic amines is 1. The van der Waals surface area contributed by atoms with E-state index in [0.717, 1.165) is 41.1 Å². The third kappa shape index (κ3) is 4.61. The Morgan fingerprint density at radius 1 is 1.24 bits per heavy atom. The van der Waals surface area contributed by atoms with Gasteiger partial charge in [-0.05, 0) is 50.6 Å². The van der Waals surface area contributed by atoms with Gasteiger partial charge in [-0.1, -0.05) is 0 Å². The molecule has 4 aromatic rings. The Morgan fingerprint density at radius 3 is 2.68 bits per heavy atom. The molecule has 10 heteroatoms. The molecule has 4 aromatic heterocycles. The van der Waals surface area contributed by atoms with Crippen LogP contribution in [0.25, 0.3) is 16.8 Å². The van der Waals surface area contributed by atoms with E-state index in [4.69, 9.17) is 9.47 Å². The number of hydrogen-bond acceptors (Lipinski definition) is 6. The standard InChI is InChI=1S/C28H34N6O4/c1-17-14-25(37-5)22(28(36)31-17)16-29-27(35)21-15-24-20(23-6-8-30-32(23)4)7-9-34(24)26(18(21)2)19(3)33-10-12-38-13-11-33/h6-9,14-15,19H,10-13,16H2,1-5H3,(H,29,35)(H,31,36). The summed E-state index contributed by atoms with van der Waals surface area (Å²) in [6.07, 6.45) is 3.83. The van der Waals surface area contributed by atoms with Crippen molar-refractivity contribution in [2.45, 2.75) is 33.4 Å². The summed E-state index contributed by atoms with van der Waals surface area (Å²) in [5.74, 6) is 0.199. The van der Waals surface area contributed by atoms with Crippen LogP contribution >= 0.6 is 0 Å². The number of ether oxygens (including phenoxy) is 2. The van der Waals surface area contributed by atoms with Gasteiger partial charge in [0.15, 0.2) is 0 Å². The second-order valence-electron chi connectivity index (χ2n) is 9.73. The van der Waals surface area contributed by atoms with Crippen LogP contribution in [0, 0.1) is 13.8 Å². The van der Waals surface area contributed by atoms with Crippen LogP contribution in [0.2, 0.25) is 0 Å². The van der Waals surface area contributed by atoms with E-state index in [1.807, 2.05) is 30.8 Å². The third-order valence-electron chi connectivity index (χ3n) is 7.46. The topological polar surface area (TPSA) is 106 Å². The predicted molar refractivity (Wildman–Crippen MR) is 145 cm³/mol. The largest absolute Gasteiger partial charge is 0.496 e. The molecule has 0 spiro atoms. The lowest BCUT2D eigenvalue weighted by atomic mass is 9.99. The van der Waals surface area contributed by atoms with Gasteiger partial charge in [-0.3, -0.25) is 19.2 Å². The molecule has 200 valence electrons. The van der Waals surface area contributed by atoms with Crippen molar-refractivity contribution in [2.24, 2.45) is 7.05 Å². The molecule has 1 aliphatic rings. The number of fused-ring (bicyclic) bond motifs is 1. The summed E-state index contributed by atoms with van der Waals surface area (Å²) < 4.78 is 15.0. The lowest BCUT2D eigenvalue weighted by molar-refractivity contribution is 0.0187. The predicted octanol–water partition coefficient (Wildman–Crippen LogP) is 2.98. The zero-order valence-electron chi connectivity index (χ0n) is 22.5. The summed E-state index contributed by atoms with van der Waals surface area (Å²) in [6, 6.07) is 7.78. The molecule has 1 unspecified atom stereocenters. The molecular weight excluding hydrogens is 484 g/mol. The minimum absolute atomic E-state index is 0.0478. The average Bonchev–Trinajstić information content (AvgIpc) is 3.52. The van der Waals surface area contributed by atoms with E-state index in [1.54, 1.807) is 19.2 Å². The lowest BCUT2D eigenvalue weighted by Crippen LogP contribution is -2.39. The number of hydrogen-bond donors (Lipinski definition) is 2. The molecule has 10 nitrogen and oxygen atoms in total. The molecule has 0 saturated carbocycles. The molecule has 38 heavy (non-hydrogen) atoms. The van der Waals surface area contributed by atoms with Gasteiger partial charge in [0.1, 0.15) is 5.75 Å². The molecule has 5 heterocycles. The highest BCUT2D eigenvalue weighted by molar-refractivity contribution is 5.98. The monoisotopic (exact) mass is 518 g/mol. The molecule has 0 bridgehead atoms. The highest BCUT2D eigenvalue weighted by Crippen LogP contribution is 2.33. The van der Waals surface area contributed by atoms with Crippen LogP contribution in [0.5, 0.6) is 5.75 Å². The van der Waals surface area contributed by atoms with Gasteiger partial charge >= 0.3 is 0 Å². The van der Waals surface area contributed by atoms with E-state index in [0.29, 0.717) is 35.8 Å². The molecule has 2 N–H and O–H groups in total. The molecule has 0 aliphatic carbocycles. The maximum Gasteiger partial charge on any atom is 0.256 e. The molecule has 1 amide bonds. The molecule has 1 saturated heterocycles. The summed E-state index contributed by atoms with van der Waals surface area (Å²) in [4.78, 5) is 31.4. The number of carbonyl (C=O) groups is 1. The SMILES string of the molecule is COc1cc(C)[nH]c(=O)c1CNC(=O)c1cc2c(-c3ccnn3C)ccn2c(C(C)N2CCOCC2)c1C. The van der Waals surface area contributed by atoms with E-state index in [-0.39, 0.29) is 24.1 Å². The Hall–Kier alpha value is -3.89. The summed E-state index contributed by atoms with van der Waals surface area (Å²) in [5, 5.41) is 7.30. The van der Waals surface area contributed by atoms with Gasteiger partial charge in [-0.25, -0.2) is 0 Å². The van der Waals surface area contributed by atoms with E-state index in [1.165, 1.54) is 7.11 Å². The van der Waals surface area contributed by atoms with E-state index in [2.05, 4.69) is 43.9 Å². The Kier molecular flexibility index (Phi) is 7.09. The van der Waals surface area contributed by atoms with E-state index >= 15 is 0 Å². The summed E-state index contributed by atoms with van der Waals surface area (Å²) in [6.45, 7) is 9.02. The van der Waals surface area contributed by atoms with Crippen molar-refractivity contribution in [1.29, 1.82) is 0 Å². The zero-order valence-corrected chi connectivity index (χ0v) is 22.5. The third-order valence-corrected chi connectivity index (χ3v) is 7.46. The highest BCUT2D eigenvalue weighted by atomic mass is 16.5. The fourth-order valence-corrected chi connectivity index (χ4v) is 5.41. The lowest BCUT2D eigenvalue weighted by Gasteiger charge is -2.34. The van der Waals surface area contributed by atoms with Crippen LogP contribution in [-0.2, 0) is 18.3 Å². The van der Waals surface area contributed by atoms with Crippen LogP contribution in [0.1, 0.15) is 45.8 Å². The molecule has 1 fully saturated rings. The van der Waals surface area contributed by atoms with Crippen LogP contribution in [0.15, 0.2) is 41.5 Å². The number of pyridine rings is 2. The fourth-order valence-electron chi connectivity index (χ4n) is 5.41. The molecular formula is C28H34N6O4. The molecule has 1 aliphatic heterocycles. The fraction of sp³-hybridized carbons (Fsp3) is 0.393. The van der Waals surface area contributed by atoms with Crippen molar-refractivity contribution in [2.75, 3.05) is 33.4 Å². The van der Waals surface area contributed by atoms with Crippen LogP contribution in [0.3, 0.4) is 0 Å². The van der Waals surface area contributed by atoms with E-state index in [9.17, 15) is 9.59 Å². The number of aromatic nitrogens is 4. The summed E-state index contributed by atoms with van der Waals surface area (Å²) in [5.41, 5.74) is 6.18. The van der Waals surface area contributed by atoms with Crippen LogP contribution < -0.4 is 15.6 Å². The zero-order chi connectivity index (χ0) is 27.0. The average molecular weight is 519 g/mol. The highest BCUT2D eigenvalue weighted by Gasteiger charge is 2.26. The Morgan fingerprint density at radius 2 is 2.00 bits per heavy atom. The van der Waals surface area contributed by atoms with Crippen molar-refractivity contribution < 1.29 is 14.3 Å². The second-order valence-corrected chi connectivity index (χ2v) is 9.73. The number of aryl methyl sites for hydroxylation is 2. The Labute approximate surface area is 221 Å². The van der Waals surface area contributed by atoms with Crippen molar-refractivity contribution >= 4 is 11.4 Å². The first-order valence-corrected chi connectivity index (χ1v) is 12.8. The number of morpholine rings is 1. The van der Waals surface area contributed by atoms with Gasteiger partial charge < -0.3 is 24.2 Å². The van der Waals surface area contributed by atoms with Gasteiger partial charge in [0, 0.05) is 61.1 Å². The van der Waals surface area contributed by atoms with Crippen molar-refractivity contribution in [3.63, 3.8) is 0 Å². The number of nitrogens with one attached hydrogen (secondary N) is 2. The summed E-state index contributed by atoms with van der Waals surface area (Å²) >= 11 is 0. The van der Waals surface area contributed by atoms with Gasteiger partial charge in [-0.2, -0.15) is 5.10 Å². The quantitative estimate of drug-likeness (QED) is 0.390. The smallest absolute Gasteiger partial charge is 0.256 e. The molecule has 1 atom stereocenters. The number of H-pyrrole nitrogens is 1. The maximum absolute atomic E-state index is 13.7. The van der Waals surface area contributed by atoms with Crippen molar-refractivity contribution in [1.82, 2.24) is 29.4 Å². The van der Waals surface area contributed by atoms with Gasteiger partial charge in [0.25, 0.3) is 11.5 Å². The van der Waals surface area contributed by atoms with E-state index < -0.39 is 0 Å². The molecule has 5 rings (SSSR count). The number of nitrogens with zero attached hydrogens (tertiary/aromatic N) is 4. The number of methoxy groups -OCH3 is 1. The minimum atomic E-state index is -0.277. The maximum atomic E-state index is 13.7. The summed E-state index contributed by atoms with van der Waals surface area (Å²) in [7, 11) is 3.42. The van der Waals surface area contributed by atoms with Crippen molar-refractivity contribution in [3.8, 4) is 17.0 Å². The molecule has 0 radical (unpaired) electrons.